The number of nitrogens with one attached hydrogen (secondary N) is 2. The molecule has 31 heavy (non-hydrogen) atoms. The van der Waals surface area contributed by atoms with Gasteiger partial charge in [0.05, 0.1) is 18.0 Å². The van der Waals surface area contributed by atoms with E-state index >= 15 is 0 Å². The van der Waals surface area contributed by atoms with Crippen molar-refractivity contribution >= 4 is 17.6 Å². The van der Waals surface area contributed by atoms with Gasteiger partial charge in [0.2, 0.25) is 17.6 Å². The Balaban J connectivity index is 2.31. The van der Waals surface area contributed by atoms with Crippen molar-refractivity contribution in [2.75, 3.05) is 0 Å². The van der Waals surface area contributed by atoms with E-state index in [0.717, 1.165) is 5.56 Å². The third kappa shape index (κ3) is 6.89. The molecule has 1 aromatic carbocycles. The highest BCUT2D eigenvalue weighted by Crippen LogP contribution is 2.25. The molecule has 3 N–H and O–H groups in total. The SMILES string of the molecule is C=CC[C@H](C(=O)NO)[C@@H](CC(C)C)C(=O)NC(Cc1ccccc1)C(=O)c1ncco1. The van der Waals surface area contributed by atoms with Crippen molar-refractivity contribution in [3.63, 3.8) is 0 Å². The monoisotopic (exact) mass is 427 g/mol. The zero-order valence-electron chi connectivity index (χ0n) is 17.8. The Labute approximate surface area is 181 Å². The summed E-state index contributed by atoms with van der Waals surface area (Å²) in [6.07, 6.45) is 5.02. The van der Waals surface area contributed by atoms with Gasteiger partial charge in [0.15, 0.2) is 0 Å². The molecular formula is C23H29N3O5. The maximum absolute atomic E-state index is 13.3. The molecule has 0 aliphatic carbocycles. The van der Waals surface area contributed by atoms with Crippen LogP contribution in [0.5, 0.6) is 0 Å². The van der Waals surface area contributed by atoms with Gasteiger partial charge < -0.3 is 9.73 Å². The Kier molecular flexibility index (Phi) is 9.14. The largest absolute Gasteiger partial charge is 0.442 e. The second kappa shape index (κ2) is 11.8. The van der Waals surface area contributed by atoms with E-state index < -0.39 is 35.5 Å². The summed E-state index contributed by atoms with van der Waals surface area (Å²) < 4.78 is 5.14. The van der Waals surface area contributed by atoms with Crippen LogP contribution in [0.2, 0.25) is 0 Å². The zero-order chi connectivity index (χ0) is 22.8. The lowest BCUT2D eigenvalue weighted by atomic mass is 9.82. The smallest absolute Gasteiger partial charge is 0.265 e. The molecular weight excluding hydrogens is 398 g/mol. The highest BCUT2D eigenvalue weighted by atomic mass is 16.5. The summed E-state index contributed by atoms with van der Waals surface area (Å²) in [4.78, 5) is 42.4. The second-order valence-electron chi connectivity index (χ2n) is 7.80. The minimum Gasteiger partial charge on any atom is -0.442 e. The summed E-state index contributed by atoms with van der Waals surface area (Å²) in [7, 11) is 0. The predicted molar refractivity (Wildman–Crippen MR) is 114 cm³/mol. The number of oxazole rings is 1. The first-order valence-electron chi connectivity index (χ1n) is 10.2. The van der Waals surface area contributed by atoms with Crippen LogP contribution in [0.15, 0.2) is 59.9 Å². The van der Waals surface area contributed by atoms with Crippen LogP contribution in [0, 0.1) is 17.8 Å². The number of hydroxylamine groups is 1. The van der Waals surface area contributed by atoms with Gasteiger partial charge in [0, 0.05) is 6.42 Å². The van der Waals surface area contributed by atoms with Crippen LogP contribution >= 0.6 is 0 Å². The summed E-state index contributed by atoms with van der Waals surface area (Å²) in [5, 5.41) is 11.9. The molecule has 3 atom stereocenters. The predicted octanol–water partition coefficient (Wildman–Crippen LogP) is 2.94. The van der Waals surface area contributed by atoms with Crippen LogP contribution in [0.4, 0.5) is 0 Å². The van der Waals surface area contributed by atoms with Crippen molar-refractivity contribution in [3.8, 4) is 0 Å². The molecule has 0 spiro atoms. The number of ketones is 1. The number of Topliss-reactive ketones (excluding diaryl/α,β-unsaturated/α-hetero) is 1. The van der Waals surface area contributed by atoms with Crippen molar-refractivity contribution in [1.82, 2.24) is 15.8 Å². The van der Waals surface area contributed by atoms with E-state index in [1.54, 1.807) is 5.48 Å². The molecule has 0 aliphatic heterocycles. The molecule has 0 aliphatic rings. The molecule has 8 nitrogen and oxygen atoms in total. The van der Waals surface area contributed by atoms with E-state index in [4.69, 9.17) is 9.62 Å². The molecule has 8 heteroatoms. The number of carbonyl (C=O) groups excluding carboxylic acids is 3. The second-order valence-corrected chi connectivity index (χ2v) is 7.80. The van der Waals surface area contributed by atoms with Gasteiger partial charge in [0.25, 0.3) is 5.89 Å². The maximum atomic E-state index is 13.3. The van der Waals surface area contributed by atoms with Gasteiger partial charge >= 0.3 is 0 Å². The van der Waals surface area contributed by atoms with E-state index in [2.05, 4.69) is 16.9 Å². The van der Waals surface area contributed by atoms with Gasteiger partial charge in [-0.05, 0) is 24.3 Å². The Morgan fingerprint density at radius 1 is 1.16 bits per heavy atom. The lowest BCUT2D eigenvalue weighted by Crippen LogP contribution is -2.48. The third-order valence-corrected chi connectivity index (χ3v) is 4.97. The zero-order valence-corrected chi connectivity index (χ0v) is 17.8. The summed E-state index contributed by atoms with van der Waals surface area (Å²) in [5.41, 5.74) is 2.49. The minimum absolute atomic E-state index is 0.0996. The van der Waals surface area contributed by atoms with E-state index in [9.17, 15) is 14.4 Å². The Morgan fingerprint density at radius 3 is 2.42 bits per heavy atom. The fourth-order valence-corrected chi connectivity index (χ4v) is 3.51. The molecule has 1 aromatic heterocycles. The van der Waals surface area contributed by atoms with E-state index in [1.165, 1.54) is 18.5 Å². The van der Waals surface area contributed by atoms with Gasteiger partial charge in [-0.3, -0.25) is 19.6 Å². The highest BCUT2D eigenvalue weighted by molar-refractivity contribution is 5.99. The van der Waals surface area contributed by atoms with Crippen LogP contribution in [-0.4, -0.2) is 33.8 Å². The molecule has 1 heterocycles. The number of carbonyl (C=O) groups is 3. The van der Waals surface area contributed by atoms with Crippen LogP contribution < -0.4 is 10.8 Å². The summed E-state index contributed by atoms with van der Waals surface area (Å²) in [6, 6.07) is 8.33. The summed E-state index contributed by atoms with van der Waals surface area (Å²) in [6.45, 7) is 7.51. The number of aromatic nitrogens is 1. The fraction of sp³-hybridized carbons (Fsp3) is 0.391. The maximum Gasteiger partial charge on any atom is 0.265 e. The third-order valence-electron chi connectivity index (χ3n) is 4.97. The fourth-order valence-electron chi connectivity index (χ4n) is 3.51. The number of nitrogens with zero attached hydrogens (tertiary/aromatic N) is 1. The molecule has 2 rings (SSSR count). The molecule has 0 saturated heterocycles. The molecule has 0 fully saturated rings. The van der Waals surface area contributed by atoms with Gasteiger partial charge in [-0.2, -0.15) is 0 Å². The first kappa shape index (κ1) is 24.0. The average Bonchev–Trinajstić information content (AvgIpc) is 3.30. The number of benzene rings is 1. The van der Waals surface area contributed by atoms with E-state index in [-0.39, 0.29) is 24.7 Å². The normalized spacial score (nSPS) is 13.8. The molecule has 2 amide bonds. The van der Waals surface area contributed by atoms with Gasteiger partial charge in [-0.1, -0.05) is 50.3 Å². The quantitative estimate of drug-likeness (QED) is 0.207. The average molecular weight is 428 g/mol. The molecule has 166 valence electrons. The van der Waals surface area contributed by atoms with E-state index in [1.807, 2.05) is 44.2 Å². The Bertz CT molecular complexity index is 865. The van der Waals surface area contributed by atoms with Crippen molar-refractivity contribution in [1.29, 1.82) is 0 Å². The summed E-state index contributed by atoms with van der Waals surface area (Å²) >= 11 is 0. The van der Waals surface area contributed by atoms with E-state index in [0.29, 0.717) is 6.42 Å². The molecule has 0 saturated carbocycles. The standard InChI is InChI=1S/C23H29N3O5/c1-4-8-17(22(29)26-30)18(13-15(2)3)21(28)25-19(14-16-9-6-5-7-10-16)20(27)23-24-11-12-31-23/h4-7,9-12,15,17-19,30H,1,8,13-14H2,2-3H3,(H,25,28)(H,26,29)/t17-,18+,19?/m0/s1. The van der Waals surface area contributed by atoms with Crippen molar-refractivity contribution < 1.29 is 24.0 Å². The van der Waals surface area contributed by atoms with Gasteiger partial charge in [-0.15, -0.1) is 6.58 Å². The van der Waals surface area contributed by atoms with Crippen LogP contribution in [0.25, 0.3) is 0 Å². The van der Waals surface area contributed by atoms with Crippen LogP contribution in [0.3, 0.4) is 0 Å². The number of amides is 2. The molecule has 2 aromatic rings. The van der Waals surface area contributed by atoms with Crippen LogP contribution in [-0.2, 0) is 16.0 Å². The number of hydrogen-bond donors (Lipinski definition) is 3. The summed E-state index contributed by atoms with van der Waals surface area (Å²) in [5.74, 6) is -3.16. The highest BCUT2D eigenvalue weighted by Gasteiger charge is 2.36. The van der Waals surface area contributed by atoms with Crippen molar-refractivity contribution in [3.05, 3.63) is 66.9 Å². The Morgan fingerprint density at radius 2 is 1.87 bits per heavy atom. The van der Waals surface area contributed by atoms with Crippen molar-refractivity contribution in [2.24, 2.45) is 17.8 Å². The topological polar surface area (TPSA) is 122 Å². The Hall–Kier alpha value is -3.26. The first-order valence-corrected chi connectivity index (χ1v) is 10.2. The lowest BCUT2D eigenvalue weighted by molar-refractivity contribution is -0.140. The number of hydrogen-bond acceptors (Lipinski definition) is 6. The molecule has 0 bridgehead atoms. The minimum atomic E-state index is -0.926. The van der Waals surface area contributed by atoms with Gasteiger partial charge in [-0.25, -0.2) is 10.5 Å². The number of allylic oxidation sites excluding steroid dienone is 1. The molecule has 0 radical (unpaired) electrons. The molecule has 1 unspecified atom stereocenters. The number of rotatable bonds is 12. The lowest BCUT2D eigenvalue weighted by Gasteiger charge is -2.27. The van der Waals surface area contributed by atoms with Gasteiger partial charge in [0.1, 0.15) is 12.3 Å². The van der Waals surface area contributed by atoms with Crippen LogP contribution in [0.1, 0.15) is 42.9 Å². The first-order chi connectivity index (χ1) is 14.9. The van der Waals surface area contributed by atoms with Crippen molar-refractivity contribution in [2.45, 2.75) is 39.2 Å².